The third kappa shape index (κ3) is 3.13. The van der Waals surface area contributed by atoms with Crippen LogP contribution in [0, 0.1) is 12.3 Å². The van der Waals surface area contributed by atoms with Crippen LogP contribution >= 0.6 is 23.2 Å². The fourth-order valence-electron chi connectivity index (χ4n) is 1.65. The van der Waals surface area contributed by atoms with E-state index in [1.165, 1.54) is 10.9 Å². The fourth-order valence-corrected chi connectivity index (χ4v) is 2.05. The molecule has 0 aliphatic carbocycles. The summed E-state index contributed by atoms with van der Waals surface area (Å²) in [7, 11) is 0. The predicted octanol–water partition coefficient (Wildman–Crippen LogP) is 2.80. The number of rotatable bonds is 4. The molecule has 0 aliphatic rings. The van der Waals surface area contributed by atoms with Gasteiger partial charge in [-0.2, -0.15) is 5.10 Å². The van der Waals surface area contributed by atoms with Crippen LogP contribution < -0.4 is 10.9 Å². The molecular formula is C14H11Cl2N3O. The van der Waals surface area contributed by atoms with Crippen molar-refractivity contribution < 1.29 is 0 Å². The van der Waals surface area contributed by atoms with Gasteiger partial charge in [0.1, 0.15) is 12.2 Å². The molecule has 0 atom stereocenters. The van der Waals surface area contributed by atoms with Crippen LogP contribution in [0.15, 0.2) is 35.3 Å². The van der Waals surface area contributed by atoms with E-state index in [1.807, 2.05) is 18.2 Å². The Hall–Kier alpha value is -1.96. The van der Waals surface area contributed by atoms with Crippen LogP contribution in [0.3, 0.4) is 0 Å². The number of benzene rings is 1. The molecule has 20 heavy (non-hydrogen) atoms. The lowest BCUT2D eigenvalue weighted by Crippen LogP contribution is -2.25. The van der Waals surface area contributed by atoms with E-state index < -0.39 is 0 Å². The van der Waals surface area contributed by atoms with Gasteiger partial charge in [0, 0.05) is 11.6 Å². The van der Waals surface area contributed by atoms with E-state index in [0.717, 1.165) is 5.56 Å². The van der Waals surface area contributed by atoms with Crippen molar-refractivity contribution in [2.75, 3.05) is 5.32 Å². The number of nitrogens with zero attached hydrogens (tertiary/aromatic N) is 2. The zero-order chi connectivity index (χ0) is 14.5. The van der Waals surface area contributed by atoms with E-state index in [1.54, 1.807) is 6.07 Å². The molecule has 0 unspecified atom stereocenters. The third-order valence-corrected chi connectivity index (χ3v) is 3.31. The Kier molecular flexibility index (Phi) is 4.67. The first-order valence-corrected chi connectivity index (χ1v) is 6.55. The maximum Gasteiger partial charge on any atom is 0.292 e. The zero-order valence-electron chi connectivity index (χ0n) is 10.4. The molecule has 6 heteroatoms. The summed E-state index contributed by atoms with van der Waals surface area (Å²) in [6, 6.07) is 7.35. The van der Waals surface area contributed by atoms with Gasteiger partial charge in [-0.05, 0) is 11.6 Å². The van der Waals surface area contributed by atoms with E-state index in [-0.39, 0.29) is 22.8 Å². The standard InChI is InChI=1S/C14H11Cl2N3O/c1-2-7-19-14(20)13(12(16)9-18-19)17-8-10-5-3-4-6-11(10)15/h1,3-6,9,17H,7-8H2. The van der Waals surface area contributed by atoms with Crippen molar-refractivity contribution in [1.82, 2.24) is 9.78 Å². The fraction of sp³-hybridized carbons (Fsp3) is 0.143. The minimum Gasteiger partial charge on any atom is -0.375 e. The van der Waals surface area contributed by atoms with Gasteiger partial charge in [-0.3, -0.25) is 4.79 Å². The number of aromatic nitrogens is 2. The van der Waals surface area contributed by atoms with Crippen LogP contribution in [0.4, 0.5) is 5.69 Å². The summed E-state index contributed by atoms with van der Waals surface area (Å²) in [6.45, 7) is 0.478. The highest BCUT2D eigenvalue weighted by Crippen LogP contribution is 2.19. The van der Waals surface area contributed by atoms with E-state index in [2.05, 4.69) is 16.3 Å². The van der Waals surface area contributed by atoms with E-state index in [4.69, 9.17) is 29.6 Å². The van der Waals surface area contributed by atoms with Crippen molar-refractivity contribution in [3.63, 3.8) is 0 Å². The minimum atomic E-state index is -0.359. The van der Waals surface area contributed by atoms with Crippen LogP contribution in [-0.4, -0.2) is 9.78 Å². The average molecular weight is 308 g/mol. The minimum absolute atomic E-state index is 0.0940. The summed E-state index contributed by atoms with van der Waals surface area (Å²) < 4.78 is 1.17. The Balaban J connectivity index is 2.26. The number of halogens is 2. The summed E-state index contributed by atoms with van der Waals surface area (Å²) in [6.07, 6.45) is 6.57. The van der Waals surface area contributed by atoms with Crippen LogP contribution in [0.1, 0.15) is 5.56 Å². The lowest BCUT2D eigenvalue weighted by atomic mass is 10.2. The molecular weight excluding hydrogens is 297 g/mol. The highest BCUT2D eigenvalue weighted by molar-refractivity contribution is 6.33. The highest BCUT2D eigenvalue weighted by Gasteiger charge is 2.09. The van der Waals surface area contributed by atoms with Gasteiger partial charge >= 0.3 is 0 Å². The van der Waals surface area contributed by atoms with Gasteiger partial charge in [0.25, 0.3) is 5.56 Å². The average Bonchev–Trinajstić information content (AvgIpc) is 2.44. The Bertz CT molecular complexity index is 719. The number of hydrogen-bond donors (Lipinski definition) is 1. The molecule has 0 spiro atoms. The first kappa shape index (κ1) is 14.4. The van der Waals surface area contributed by atoms with Gasteiger partial charge in [0.15, 0.2) is 0 Å². The van der Waals surface area contributed by atoms with Crippen LogP contribution in [0.25, 0.3) is 0 Å². The molecule has 0 amide bonds. The molecule has 1 aromatic heterocycles. The number of hydrogen-bond acceptors (Lipinski definition) is 3. The molecule has 1 N–H and O–H groups in total. The van der Waals surface area contributed by atoms with Gasteiger partial charge in [-0.1, -0.05) is 47.3 Å². The Labute approximate surface area is 126 Å². The van der Waals surface area contributed by atoms with Gasteiger partial charge in [-0.25, -0.2) is 4.68 Å². The Morgan fingerprint density at radius 1 is 1.30 bits per heavy atom. The summed E-state index contributed by atoms with van der Waals surface area (Å²) in [4.78, 5) is 12.1. The maximum absolute atomic E-state index is 12.1. The molecule has 2 aromatic rings. The molecule has 1 heterocycles. The molecule has 2 rings (SSSR count). The molecule has 0 aliphatic heterocycles. The van der Waals surface area contributed by atoms with Gasteiger partial charge < -0.3 is 5.32 Å². The molecule has 0 saturated carbocycles. The lowest BCUT2D eigenvalue weighted by molar-refractivity contribution is 0.664. The van der Waals surface area contributed by atoms with E-state index in [9.17, 15) is 4.79 Å². The molecule has 4 nitrogen and oxygen atoms in total. The zero-order valence-corrected chi connectivity index (χ0v) is 11.9. The normalized spacial score (nSPS) is 10.1. The van der Waals surface area contributed by atoms with Crippen LogP contribution in [-0.2, 0) is 13.1 Å². The first-order valence-electron chi connectivity index (χ1n) is 5.80. The Morgan fingerprint density at radius 3 is 2.75 bits per heavy atom. The summed E-state index contributed by atoms with van der Waals surface area (Å²) in [5.74, 6) is 2.36. The van der Waals surface area contributed by atoms with E-state index >= 15 is 0 Å². The third-order valence-electron chi connectivity index (χ3n) is 2.65. The molecule has 0 bridgehead atoms. The second-order valence-electron chi connectivity index (χ2n) is 3.98. The second-order valence-corrected chi connectivity index (χ2v) is 4.79. The van der Waals surface area contributed by atoms with Crippen LogP contribution in [0.5, 0.6) is 0 Å². The molecule has 1 aromatic carbocycles. The predicted molar refractivity (Wildman–Crippen MR) is 81.1 cm³/mol. The number of nitrogens with one attached hydrogen (secondary N) is 1. The SMILES string of the molecule is C#CCn1ncc(Cl)c(NCc2ccccc2Cl)c1=O. The summed E-state index contributed by atoms with van der Waals surface area (Å²) >= 11 is 12.0. The van der Waals surface area contributed by atoms with Gasteiger partial charge in [-0.15, -0.1) is 6.42 Å². The van der Waals surface area contributed by atoms with Crippen molar-refractivity contribution in [3.8, 4) is 12.3 Å². The van der Waals surface area contributed by atoms with E-state index in [0.29, 0.717) is 11.6 Å². The van der Waals surface area contributed by atoms with Crippen LogP contribution in [0.2, 0.25) is 10.0 Å². The van der Waals surface area contributed by atoms with Gasteiger partial charge in [0.05, 0.1) is 11.2 Å². The molecule has 102 valence electrons. The molecule has 0 radical (unpaired) electrons. The Morgan fingerprint density at radius 2 is 2.05 bits per heavy atom. The maximum atomic E-state index is 12.1. The van der Waals surface area contributed by atoms with Crippen molar-refractivity contribution in [2.24, 2.45) is 0 Å². The monoisotopic (exact) mass is 307 g/mol. The first-order chi connectivity index (χ1) is 9.63. The second kappa shape index (κ2) is 6.47. The summed E-state index contributed by atoms with van der Waals surface area (Å²) in [5.41, 5.74) is 0.768. The lowest BCUT2D eigenvalue weighted by Gasteiger charge is -2.10. The van der Waals surface area contributed by atoms with Crippen molar-refractivity contribution in [3.05, 3.63) is 56.4 Å². The summed E-state index contributed by atoms with van der Waals surface area (Å²) in [5, 5.41) is 7.71. The smallest absolute Gasteiger partial charge is 0.292 e. The van der Waals surface area contributed by atoms with Gasteiger partial charge in [0.2, 0.25) is 0 Å². The largest absolute Gasteiger partial charge is 0.375 e. The quantitative estimate of drug-likeness (QED) is 0.884. The molecule has 0 saturated heterocycles. The number of terminal acetylenes is 1. The highest BCUT2D eigenvalue weighted by atomic mass is 35.5. The van der Waals surface area contributed by atoms with Crippen molar-refractivity contribution >= 4 is 28.9 Å². The molecule has 0 fully saturated rings. The van der Waals surface area contributed by atoms with Crippen molar-refractivity contribution in [1.29, 1.82) is 0 Å². The number of anilines is 1. The van der Waals surface area contributed by atoms with Crippen molar-refractivity contribution in [2.45, 2.75) is 13.1 Å². The topological polar surface area (TPSA) is 46.9 Å².